The molecule has 0 aliphatic rings. The number of hydroxylamine groups is 1. The van der Waals surface area contributed by atoms with Crippen LogP contribution in [0.1, 0.15) is 24.5 Å². The van der Waals surface area contributed by atoms with Gasteiger partial charge in [-0.2, -0.15) is 9.36 Å². The highest BCUT2D eigenvalue weighted by atomic mass is 16.6. The van der Waals surface area contributed by atoms with E-state index in [4.69, 9.17) is 4.84 Å². The molecule has 22 heavy (non-hydrogen) atoms. The van der Waals surface area contributed by atoms with Gasteiger partial charge in [-0.25, -0.2) is 10.3 Å². The monoisotopic (exact) mass is 303 g/mol. The quantitative estimate of drug-likeness (QED) is 0.788. The van der Waals surface area contributed by atoms with Crippen LogP contribution in [0.2, 0.25) is 0 Å². The molecule has 2 rings (SSSR count). The van der Waals surface area contributed by atoms with E-state index < -0.39 is 0 Å². The lowest BCUT2D eigenvalue weighted by atomic mass is 10.1. The topological polar surface area (TPSA) is 91.0 Å². The SMILES string of the molecule is C=Cc1cccc(-n2nnn(C)c2=O)c1CONC(=O)CC. The van der Waals surface area contributed by atoms with E-state index in [1.807, 2.05) is 6.07 Å². The minimum atomic E-state index is -0.375. The Kier molecular flexibility index (Phi) is 4.84. The summed E-state index contributed by atoms with van der Waals surface area (Å²) in [6.07, 6.45) is 1.96. The van der Waals surface area contributed by atoms with Crippen molar-refractivity contribution < 1.29 is 9.63 Å². The normalized spacial score (nSPS) is 10.5. The Balaban J connectivity index is 2.38. The predicted molar refractivity (Wildman–Crippen MR) is 79.9 cm³/mol. The predicted octanol–water partition coefficient (Wildman–Crippen LogP) is 0.567. The number of hydrogen-bond acceptors (Lipinski definition) is 5. The summed E-state index contributed by atoms with van der Waals surface area (Å²) in [5, 5.41) is 7.51. The number of nitrogens with one attached hydrogen (secondary N) is 1. The Morgan fingerprint density at radius 2 is 2.23 bits per heavy atom. The minimum Gasteiger partial charge on any atom is -0.273 e. The molecular formula is C14H17N5O3. The van der Waals surface area contributed by atoms with Gasteiger partial charge in [0.15, 0.2) is 0 Å². The van der Waals surface area contributed by atoms with Crippen molar-refractivity contribution in [3.05, 3.63) is 46.4 Å². The summed E-state index contributed by atoms with van der Waals surface area (Å²) in [4.78, 5) is 28.5. The van der Waals surface area contributed by atoms with E-state index >= 15 is 0 Å². The molecule has 1 heterocycles. The van der Waals surface area contributed by atoms with Crippen LogP contribution in [0.5, 0.6) is 0 Å². The fourth-order valence-electron chi connectivity index (χ4n) is 1.86. The maximum Gasteiger partial charge on any atom is 0.368 e. The Morgan fingerprint density at radius 1 is 1.45 bits per heavy atom. The van der Waals surface area contributed by atoms with E-state index in [-0.39, 0.29) is 18.2 Å². The van der Waals surface area contributed by atoms with Gasteiger partial charge in [-0.3, -0.25) is 9.63 Å². The number of amides is 1. The van der Waals surface area contributed by atoms with Gasteiger partial charge >= 0.3 is 5.69 Å². The van der Waals surface area contributed by atoms with Gasteiger partial charge in [0.2, 0.25) is 5.91 Å². The van der Waals surface area contributed by atoms with E-state index in [2.05, 4.69) is 22.5 Å². The number of hydrogen-bond donors (Lipinski definition) is 1. The molecule has 0 fully saturated rings. The number of aromatic nitrogens is 4. The molecule has 0 aliphatic heterocycles. The molecule has 116 valence electrons. The molecule has 0 spiro atoms. The Hall–Kier alpha value is -2.74. The average Bonchev–Trinajstić information content (AvgIpc) is 2.86. The van der Waals surface area contributed by atoms with Crippen molar-refractivity contribution in [3.8, 4) is 5.69 Å². The van der Waals surface area contributed by atoms with Gasteiger partial charge in [-0.05, 0) is 22.1 Å². The van der Waals surface area contributed by atoms with E-state index in [0.717, 1.165) is 10.2 Å². The van der Waals surface area contributed by atoms with Gasteiger partial charge in [0.05, 0.1) is 5.69 Å². The Morgan fingerprint density at radius 3 is 2.82 bits per heavy atom. The first kappa shape index (κ1) is 15.6. The highest BCUT2D eigenvalue weighted by Gasteiger charge is 2.14. The number of carbonyl (C=O) groups excluding carboxylic acids is 1. The first-order valence-corrected chi connectivity index (χ1v) is 6.72. The second kappa shape index (κ2) is 6.81. The van der Waals surface area contributed by atoms with Gasteiger partial charge in [-0.1, -0.05) is 31.7 Å². The zero-order valence-electron chi connectivity index (χ0n) is 12.4. The van der Waals surface area contributed by atoms with Crippen LogP contribution in [0.3, 0.4) is 0 Å². The lowest BCUT2D eigenvalue weighted by Gasteiger charge is -2.12. The molecular weight excluding hydrogens is 286 g/mol. The van der Waals surface area contributed by atoms with Crippen LogP contribution in [0.4, 0.5) is 0 Å². The fourth-order valence-corrected chi connectivity index (χ4v) is 1.86. The second-order valence-electron chi connectivity index (χ2n) is 4.51. The summed E-state index contributed by atoms with van der Waals surface area (Å²) in [7, 11) is 1.51. The molecule has 0 radical (unpaired) electrons. The van der Waals surface area contributed by atoms with E-state index in [9.17, 15) is 9.59 Å². The van der Waals surface area contributed by atoms with Crippen LogP contribution in [-0.4, -0.2) is 25.7 Å². The van der Waals surface area contributed by atoms with Gasteiger partial charge in [0.25, 0.3) is 0 Å². The van der Waals surface area contributed by atoms with Crippen molar-refractivity contribution in [2.24, 2.45) is 7.05 Å². The van der Waals surface area contributed by atoms with Crippen LogP contribution in [0.25, 0.3) is 11.8 Å². The van der Waals surface area contributed by atoms with Crippen molar-refractivity contribution in [2.45, 2.75) is 20.0 Å². The summed E-state index contributed by atoms with van der Waals surface area (Å²) >= 11 is 0. The first-order chi connectivity index (χ1) is 10.6. The van der Waals surface area contributed by atoms with Gasteiger partial charge in [0, 0.05) is 19.0 Å². The lowest BCUT2D eigenvalue weighted by molar-refractivity contribution is -0.134. The maximum atomic E-state index is 12.0. The molecule has 8 heteroatoms. The fraction of sp³-hybridized carbons (Fsp3) is 0.286. The van der Waals surface area contributed by atoms with Crippen LogP contribution in [-0.2, 0) is 23.3 Å². The average molecular weight is 303 g/mol. The van der Waals surface area contributed by atoms with Gasteiger partial charge in [-0.15, -0.1) is 0 Å². The highest BCUT2D eigenvalue weighted by Crippen LogP contribution is 2.19. The highest BCUT2D eigenvalue weighted by molar-refractivity contribution is 5.74. The molecule has 0 unspecified atom stereocenters. The molecule has 0 bridgehead atoms. The molecule has 0 saturated carbocycles. The molecule has 1 aromatic carbocycles. The van der Waals surface area contributed by atoms with Crippen molar-refractivity contribution in [2.75, 3.05) is 0 Å². The molecule has 0 atom stereocenters. The molecule has 0 saturated heterocycles. The largest absolute Gasteiger partial charge is 0.368 e. The Bertz CT molecular complexity index is 747. The van der Waals surface area contributed by atoms with Crippen LogP contribution >= 0.6 is 0 Å². The van der Waals surface area contributed by atoms with E-state index in [1.54, 1.807) is 25.1 Å². The van der Waals surface area contributed by atoms with E-state index in [0.29, 0.717) is 17.7 Å². The molecule has 0 aliphatic carbocycles. The third-order valence-electron chi connectivity index (χ3n) is 3.08. The summed E-state index contributed by atoms with van der Waals surface area (Å²) in [5.41, 5.74) is 3.94. The molecule has 8 nitrogen and oxygen atoms in total. The maximum absolute atomic E-state index is 12.0. The second-order valence-corrected chi connectivity index (χ2v) is 4.51. The van der Waals surface area contributed by atoms with Crippen molar-refractivity contribution in [1.29, 1.82) is 0 Å². The summed E-state index contributed by atoms with van der Waals surface area (Å²) in [5.74, 6) is -0.227. The number of rotatable bonds is 6. The summed E-state index contributed by atoms with van der Waals surface area (Å²) < 4.78 is 2.30. The number of aryl methyl sites for hydroxylation is 1. The van der Waals surface area contributed by atoms with Crippen molar-refractivity contribution >= 4 is 12.0 Å². The summed E-state index contributed by atoms with van der Waals surface area (Å²) in [6, 6.07) is 5.34. The molecule has 1 amide bonds. The number of carbonyl (C=O) groups is 1. The molecule has 1 N–H and O–H groups in total. The van der Waals surface area contributed by atoms with Crippen LogP contribution < -0.4 is 11.2 Å². The minimum absolute atomic E-state index is 0.0757. The lowest BCUT2D eigenvalue weighted by Crippen LogP contribution is -2.25. The zero-order valence-corrected chi connectivity index (χ0v) is 12.4. The van der Waals surface area contributed by atoms with Gasteiger partial charge in [0.1, 0.15) is 6.61 Å². The van der Waals surface area contributed by atoms with Crippen molar-refractivity contribution in [1.82, 2.24) is 25.3 Å². The van der Waals surface area contributed by atoms with Crippen LogP contribution in [0, 0.1) is 0 Å². The first-order valence-electron chi connectivity index (χ1n) is 6.72. The smallest absolute Gasteiger partial charge is 0.273 e. The number of nitrogens with zero attached hydrogens (tertiary/aromatic N) is 4. The third-order valence-corrected chi connectivity index (χ3v) is 3.08. The standard InChI is InChI=1S/C14H17N5O3/c1-4-10-7-6-8-12(19-14(21)18(3)16-17-19)11(10)9-22-15-13(20)5-2/h4,6-8H,1,5,9H2,2-3H3,(H,15,20). The van der Waals surface area contributed by atoms with E-state index in [1.165, 1.54) is 11.7 Å². The van der Waals surface area contributed by atoms with Gasteiger partial charge < -0.3 is 0 Å². The third kappa shape index (κ3) is 3.12. The molecule has 1 aromatic heterocycles. The number of tetrazole rings is 1. The van der Waals surface area contributed by atoms with Crippen LogP contribution in [0.15, 0.2) is 29.6 Å². The summed E-state index contributed by atoms with van der Waals surface area (Å²) in [6.45, 7) is 5.54. The number of benzene rings is 1. The van der Waals surface area contributed by atoms with Crippen molar-refractivity contribution in [3.63, 3.8) is 0 Å². The molecule has 2 aromatic rings. The zero-order chi connectivity index (χ0) is 16.1. The Labute approximate surface area is 126 Å².